The van der Waals surface area contributed by atoms with Gasteiger partial charge in [0.25, 0.3) is 0 Å². The summed E-state index contributed by atoms with van der Waals surface area (Å²) in [5.41, 5.74) is 7.22. The molecule has 0 spiro atoms. The van der Waals surface area contributed by atoms with E-state index in [4.69, 9.17) is 5.73 Å². The van der Waals surface area contributed by atoms with E-state index in [1.54, 1.807) is 24.2 Å². The lowest BCUT2D eigenvalue weighted by Gasteiger charge is -2.24. The van der Waals surface area contributed by atoms with Gasteiger partial charge in [0.05, 0.1) is 18.8 Å². The molecule has 6 heteroatoms. The van der Waals surface area contributed by atoms with Crippen molar-refractivity contribution < 1.29 is 10.2 Å². The van der Waals surface area contributed by atoms with Crippen molar-refractivity contribution in [1.29, 1.82) is 0 Å². The second-order valence-corrected chi connectivity index (χ2v) is 8.36. The van der Waals surface area contributed by atoms with Gasteiger partial charge in [-0.15, -0.1) is 0 Å². The Labute approximate surface area is 183 Å². The van der Waals surface area contributed by atoms with Crippen molar-refractivity contribution in [2.45, 2.75) is 42.0 Å². The molecular weight excluding hydrogens is 400 g/mol. The van der Waals surface area contributed by atoms with E-state index >= 15 is 0 Å². The Balaban J connectivity index is 0.00000204. The third-order valence-electron chi connectivity index (χ3n) is 4.20. The Hall–Kier alpha value is -1.57. The first-order valence-electron chi connectivity index (χ1n) is 9.66. The summed E-state index contributed by atoms with van der Waals surface area (Å²) in [6.45, 7) is 7.30. The Morgan fingerprint density at radius 3 is 2.00 bits per heavy atom. The first kappa shape index (κ1) is 25.5. The van der Waals surface area contributed by atoms with Crippen LogP contribution in [0.4, 0.5) is 0 Å². The van der Waals surface area contributed by atoms with Crippen LogP contribution >= 0.6 is 23.5 Å². The first-order chi connectivity index (χ1) is 14.0. The summed E-state index contributed by atoms with van der Waals surface area (Å²) in [5.74, 6) is 0. The Morgan fingerprint density at radius 2 is 1.55 bits per heavy atom. The van der Waals surface area contributed by atoms with E-state index < -0.39 is 5.54 Å². The predicted molar refractivity (Wildman–Crippen MR) is 128 cm³/mol. The Morgan fingerprint density at radius 1 is 1.03 bits per heavy atom. The van der Waals surface area contributed by atoms with Crippen molar-refractivity contribution in [1.82, 2.24) is 0 Å². The van der Waals surface area contributed by atoms with Crippen LogP contribution in [0.15, 0.2) is 75.3 Å². The van der Waals surface area contributed by atoms with E-state index in [-0.39, 0.29) is 13.2 Å². The van der Waals surface area contributed by atoms with E-state index in [1.807, 2.05) is 13.8 Å². The number of hydrogen-bond donors (Lipinski definition) is 3. The van der Waals surface area contributed by atoms with Crippen LogP contribution in [0.1, 0.15) is 31.4 Å². The highest BCUT2D eigenvalue weighted by Gasteiger charge is 2.22. The molecular formula is C23H32N2O2S2. The molecule has 0 fully saturated rings. The highest BCUT2D eigenvalue weighted by Crippen LogP contribution is 2.29. The average molecular weight is 433 g/mol. The van der Waals surface area contributed by atoms with Gasteiger partial charge in [-0.2, -0.15) is 0 Å². The van der Waals surface area contributed by atoms with E-state index in [9.17, 15) is 10.2 Å². The van der Waals surface area contributed by atoms with Crippen molar-refractivity contribution in [2.24, 2.45) is 10.7 Å². The molecule has 2 aromatic carbocycles. The molecule has 4 nitrogen and oxygen atoms in total. The summed E-state index contributed by atoms with van der Waals surface area (Å²) >= 11 is 3.22. The lowest BCUT2D eigenvalue weighted by molar-refractivity contribution is 0.115. The smallest absolute Gasteiger partial charge is 0.101 e. The van der Waals surface area contributed by atoms with E-state index in [2.05, 4.69) is 60.1 Å². The highest BCUT2D eigenvalue weighted by molar-refractivity contribution is 8.16. The molecule has 4 N–H and O–H groups in total. The minimum Gasteiger partial charge on any atom is -0.394 e. The maximum absolute atomic E-state index is 9.27. The first-order valence-corrected chi connectivity index (χ1v) is 11.4. The van der Waals surface area contributed by atoms with Crippen LogP contribution in [-0.4, -0.2) is 41.1 Å². The molecule has 0 aliphatic heterocycles. The fraction of sp³-hybridized carbons (Fsp3) is 0.348. The predicted octanol–water partition coefficient (Wildman–Crippen LogP) is 4.73. The maximum Gasteiger partial charge on any atom is 0.101 e. The molecule has 0 aromatic heterocycles. The fourth-order valence-electron chi connectivity index (χ4n) is 2.46. The molecule has 0 saturated heterocycles. The van der Waals surface area contributed by atoms with Crippen molar-refractivity contribution >= 4 is 28.6 Å². The van der Waals surface area contributed by atoms with Gasteiger partial charge in [-0.3, -0.25) is 4.99 Å². The monoisotopic (exact) mass is 432 g/mol. The number of benzene rings is 2. The van der Waals surface area contributed by atoms with Gasteiger partial charge in [-0.05, 0) is 48.1 Å². The summed E-state index contributed by atoms with van der Waals surface area (Å²) in [6, 6.07) is 16.6. The van der Waals surface area contributed by atoms with Gasteiger partial charge in [0.2, 0.25) is 0 Å². The quantitative estimate of drug-likeness (QED) is 0.394. The van der Waals surface area contributed by atoms with Gasteiger partial charge < -0.3 is 15.9 Å². The van der Waals surface area contributed by atoms with Gasteiger partial charge >= 0.3 is 0 Å². The number of nitrogens with two attached hydrogens (primary N) is 1. The third-order valence-corrected chi connectivity index (χ3v) is 6.02. The molecule has 29 heavy (non-hydrogen) atoms. The second kappa shape index (κ2) is 13.6. The SMILES string of the molecule is C=CSC(=NC)c1ccc(Sc2ccc(CCC(N)(CO)CO)cc2)cc1.CC. The zero-order valence-electron chi connectivity index (χ0n) is 17.5. The van der Waals surface area contributed by atoms with Crippen molar-refractivity contribution in [3.05, 3.63) is 71.6 Å². The number of hydrogen-bond acceptors (Lipinski definition) is 6. The van der Waals surface area contributed by atoms with Crippen LogP contribution < -0.4 is 5.73 Å². The molecule has 2 aromatic rings. The van der Waals surface area contributed by atoms with Crippen LogP contribution in [0.3, 0.4) is 0 Å². The molecule has 0 bridgehead atoms. The number of nitrogens with zero attached hydrogens (tertiary/aromatic N) is 1. The second-order valence-electron chi connectivity index (χ2n) is 6.26. The van der Waals surface area contributed by atoms with Crippen LogP contribution in [0.25, 0.3) is 0 Å². The number of aryl methyl sites for hydroxylation is 1. The number of thioether (sulfide) groups is 1. The molecule has 0 amide bonds. The Kier molecular flexibility index (Phi) is 12.0. The van der Waals surface area contributed by atoms with Gasteiger partial charge in [0.15, 0.2) is 0 Å². The topological polar surface area (TPSA) is 78.8 Å². The summed E-state index contributed by atoms with van der Waals surface area (Å²) in [7, 11) is 1.78. The van der Waals surface area contributed by atoms with Crippen LogP contribution in [0.5, 0.6) is 0 Å². The maximum atomic E-state index is 9.27. The summed E-state index contributed by atoms with van der Waals surface area (Å²) in [5, 5.41) is 21.3. The van der Waals surface area contributed by atoms with Crippen LogP contribution in [0, 0.1) is 0 Å². The summed E-state index contributed by atoms with van der Waals surface area (Å²) in [6.07, 6.45) is 1.26. The minimum absolute atomic E-state index is 0.219. The van der Waals surface area contributed by atoms with E-state index in [0.29, 0.717) is 6.42 Å². The Bertz CT molecular complexity index is 755. The van der Waals surface area contributed by atoms with Crippen LogP contribution in [0.2, 0.25) is 0 Å². The van der Waals surface area contributed by atoms with E-state index in [0.717, 1.165) is 32.4 Å². The molecule has 0 aliphatic rings. The van der Waals surface area contributed by atoms with Gasteiger partial charge in [0.1, 0.15) is 5.04 Å². The molecule has 2 rings (SSSR count). The molecule has 158 valence electrons. The molecule has 0 aliphatic carbocycles. The van der Waals surface area contributed by atoms with Crippen LogP contribution in [-0.2, 0) is 6.42 Å². The number of aliphatic imine (C=N–C) groups is 1. The molecule has 0 radical (unpaired) electrons. The highest BCUT2D eigenvalue weighted by atomic mass is 32.2. The zero-order valence-corrected chi connectivity index (χ0v) is 19.1. The largest absolute Gasteiger partial charge is 0.394 e. The lowest BCUT2D eigenvalue weighted by Crippen LogP contribution is -2.47. The molecule has 0 heterocycles. The van der Waals surface area contributed by atoms with Crippen molar-refractivity contribution in [2.75, 3.05) is 20.3 Å². The zero-order chi connectivity index (χ0) is 21.7. The summed E-state index contributed by atoms with van der Waals surface area (Å²) in [4.78, 5) is 6.59. The minimum atomic E-state index is -0.917. The number of aliphatic hydroxyl groups excluding tert-OH is 2. The molecule has 0 saturated carbocycles. The lowest BCUT2D eigenvalue weighted by atomic mass is 9.94. The fourth-order valence-corrected chi connectivity index (χ4v) is 3.81. The van der Waals surface area contributed by atoms with Crippen molar-refractivity contribution in [3.63, 3.8) is 0 Å². The van der Waals surface area contributed by atoms with Gasteiger partial charge in [0, 0.05) is 22.4 Å². The number of aliphatic hydroxyl groups is 2. The summed E-state index contributed by atoms with van der Waals surface area (Å²) < 4.78 is 0. The standard InChI is InChI=1S/C21H26N2O2S2.C2H6/c1-3-26-20(23-2)17-6-10-19(11-7-17)27-18-8-4-16(5-9-18)12-13-21(22,14-24)15-25;1-2/h3-11,24-25H,1,12-15,22H2,2H3;1-2H3. The van der Waals surface area contributed by atoms with Crippen molar-refractivity contribution in [3.8, 4) is 0 Å². The van der Waals surface area contributed by atoms with E-state index in [1.165, 1.54) is 11.8 Å². The van der Waals surface area contributed by atoms with Gasteiger partial charge in [-0.1, -0.05) is 68.2 Å². The average Bonchev–Trinajstić information content (AvgIpc) is 2.79. The van der Waals surface area contributed by atoms with Gasteiger partial charge in [-0.25, -0.2) is 0 Å². The molecule has 0 atom stereocenters. The third kappa shape index (κ3) is 8.36. The number of rotatable bonds is 9. The normalized spacial score (nSPS) is 11.6. The molecule has 0 unspecified atom stereocenters.